The van der Waals surface area contributed by atoms with Crippen molar-refractivity contribution in [3.8, 4) is 11.5 Å². The molecule has 0 aliphatic rings. The average molecular weight is 503 g/mol. The summed E-state index contributed by atoms with van der Waals surface area (Å²) in [5.74, 6) is -0.0477. The number of aromatic nitrogens is 1. The van der Waals surface area contributed by atoms with E-state index in [0.29, 0.717) is 30.2 Å². The third-order valence-electron chi connectivity index (χ3n) is 6.60. The van der Waals surface area contributed by atoms with Gasteiger partial charge in [0, 0.05) is 30.9 Å². The van der Waals surface area contributed by atoms with E-state index in [4.69, 9.17) is 9.84 Å². The molecule has 1 amide bonds. The molecule has 0 unspecified atom stereocenters. The zero-order valence-electron chi connectivity index (χ0n) is 21.5. The summed E-state index contributed by atoms with van der Waals surface area (Å²) in [5, 5.41) is 12.7. The number of nitrogens with zero attached hydrogens (tertiary/aromatic N) is 1. The number of hydrogen-bond acceptors (Lipinski definition) is 3. The lowest BCUT2D eigenvalue weighted by molar-refractivity contribution is -0.136. The monoisotopic (exact) mass is 502 g/mol. The van der Waals surface area contributed by atoms with E-state index < -0.39 is 5.97 Å². The number of aryl methyl sites for hydroxylation is 5. The molecule has 1 aromatic heterocycles. The minimum atomic E-state index is -0.814. The molecule has 192 valence electrons. The van der Waals surface area contributed by atoms with Crippen molar-refractivity contribution in [3.63, 3.8) is 0 Å². The van der Waals surface area contributed by atoms with Crippen LogP contribution in [0.3, 0.4) is 0 Å². The van der Waals surface area contributed by atoms with Crippen molar-refractivity contribution >= 4 is 22.8 Å². The maximum atomic E-state index is 13.7. The number of halogens is 1. The standard InChI is InChI=1S/C30H31FN2O4/c1-5-21-15-24(9-6-22(21)7-11-28(34)35)37-25-13-18(2)12-20(14-25)17-32-30(36)29-19(3)26-16-23(31)8-10-27(26)33(29)4/h6,8-10,12-16H,5,7,11,17H2,1-4H3,(H,32,36)(H,34,35). The predicted octanol–water partition coefficient (Wildman–Crippen LogP) is 6.24. The zero-order chi connectivity index (χ0) is 26.7. The van der Waals surface area contributed by atoms with Crippen LogP contribution in [0.5, 0.6) is 11.5 Å². The van der Waals surface area contributed by atoms with E-state index in [0.717, 1.165) is 45.1 Å². The molecule has 0 radical (unpaired) electrons. The van der Waals surface area contributed by atoms with Crippen LogP contribution in [0.4, 0.5) is 4.39 Å². The molecule has 0 spiro atoms. The molecule has 0 fully saturated rings. The molecule has 0 bridgehead atoms. The average Bonchev–Trinajstić information content (AvgIpc) is 3.10. The molecule has 2 N–H and O–H groups in total. The maximum absolute atomic E-state index is 13.7. The van der Waals surface area contributed by atoms with Gasteiger partial charge in [-0.15, -0.1) is 0 Å². The number of carbonyl (C=O) groups excluding carboxylic acids is 1. The van der Waals surface area contributed by atoms with Crippen LogP contribution in [0.2, 0.25) is 0 Å². The summed E-state index contributed by atoms with van der Waals surface area (Å²) in [4.78, 5) is 24.0. The minimum absolute atomic E-state index is 0.0926. The number of benzene rings is 3. The van der Waals surface area contributed by atoms with Gasteiger partial charge in [-0.05, 0) is 97.0 Å². The van der Waals surface area contributed by atoms with Gasteiger partial charge in [-0.3, -0.25) is 9.59 Å². The first-order valence-corrected chi connectivity index (χ1v) is 12.3. The number of aliphatic carboxylic acids is 1. The molecule has 37 heavy (non-hydrogen) atoms. The molecule has 7 heteroatoms. The fourth-order valence-corrected chi connectivity index (χ4v) is 4.79. The lowest BCUT2D eigenvalue weighted by Gasteiger charge is -2.13. The number of hydrogen-bond donors (Lipinski definition) is 2. The van der Waals surface area contributed by atoms with Crippen molar-refractivity contribution in [1.82, 2.24) is 9.88 Å². The Morgan fingerprint density at radius 2 is 1.78 bits per heavy atom. The highest BCUT2D eigenvalue weighted by atomic mass is 19.1. The molecule has 3 aromatic carbocycles. The predicted molar refractivity (Wildman–Crippen MR) is 142 cm³/mol. The minimum Gasteiger partial charge on any atom is -0.481 e. The van der Waals surface area contributed by atoms with Gasteiger partial charge >= 0.3 is 5.97 Å². The number of amides is 1. The van der Waals surface area contributed by atoms with Crippen molar-refractivity contribution < 1.29 is 23.8 Å². The van der Waals surface area contributed by atoms with E-state index in [1.165, 1.54) is 12.1 Å². The summed E-state index contributed by atoms with van der Waals surface area (Å²) in [6.07, 6.45) is 1.35. The number of carbonyl (C=O) groups is 2. The Morgan fingerprint density at radius 3 is 2.51 bits per heavy atom. The van der Waals surface area contributed by atoms with Crippen LogP contribution in [-0.2, 0) is 31.2 Å². The summed E-state index contributed by atoms with van der Waals surface area (Å²) in [6, 6.07) is 16.1. The summed E-state index contributed by atoms with van der Waals surface area (Å²) in [7, 11) is 1.80. The van der Waals surface area contributed by atoms with Gasteiger partial charge in [-0.2, -0.15) is 0 Å². The second-order valence-electron chi connectivity index (χ2n) is 9.31. The molecule has 0 aliphatic heterocycles. The van der Waals surface area contributed by atoms with E-state index in [9.17, 15) is 14.0 Å². The number of carboxylic acids is 1. The third-order valence-corrected chi connectivity index (χ3v) is 6.60. The van der Waals surface area contributed by atoms with Crippen molar-refractivity contribution in [1.29, 1.82) is 0 Å². The number of fused-ring (bicyclic) bond motifs is 1. The van der Waals surface area contributed by atoms with Gasteiger partial charge in [0.15, 0.2) is 0 Å². The fourth-order valence-electron chi connectivity index (χ4n) is 4.79. The van der Waals surface area contributed by atoms with Crippen LogP contribution >= 0.6 is 0 Å². The highest BCUT2D eigenvalue weighted by Crippen LogP contribution is 2.28. The number of nitrogens with one attached hydrogen (secondary N) is 1. The topological polar surface area (TPSA) is 80.6 Å². The van der Waals surface area contributed by atoms with E-state index in [1.54, 1.807) is 17.7 Å². The molecule has 4 aromatic rings. The molecule has 0 saturated carbocycles. The molecule has 0 atom stereocenters. The molecule has 0 saturated heterocycles. The van der Waals surface area contributed by atoms with Gasteiger partial charge in [0.05, 0.1) is 0 Å². The van der Waals surface area contributed by atoms with Crippen molar-refractivity contribution in [2.75, 3.05) is 0 Å². The molecule has 0 aliphatic carbocycles. The molecule has 1 heterocycles. The second-order valence-corrected chi connectivity index (χ2v) is 9.31. The molecule has 4 rings (SSSR count). The van der Waals surface area contributed by atoms with Gasteiger partial charge < -0.3 is 19.7 Å². The highest BCUT2D eigenvalue weighted by molar-refractivity contribution is 6.01. The van der Waals surface area contributed by atoms with Crippen LogP contribution in [0.25, 0.3) is 10.9 Å². The van der Waals surface area contributed by atoms with Crippen molar-refractivity contribution in [2.24, 2.45) is 7.05 Å². The summed E-state index contributed by atoms with van der Waals surface area (Å²) >= 11 is 0. The Kier molecular flexibility index (Phi) is 7.62. The van der Waals surface area contributed by atoms with Crippen LogP contribution in [0.15, 0.2) is 54.6 Å². The smallest absolute Gasteiger partial charge is 0.303 e. The van der Waals surface area contributed by atoms with Gasteiger partial charge in [0.1, 0.15) is 23.0 Å². The molecular weight excluding hydrogens is 471 g/mol. The van der Waals surface area contributed by atoms with Crippen LogP contribution < -0.4 is 10.1 Å². The van der Waals surface area contributed by atoms with Crippen LogP contribution in [0, 0.1) is 19.7 Å². The lowest BCUT2D eigenvalue weighted by atomic mass is 10.0. The normalized spacial score (nSPS) is 11.1. The SMILES string of the molecule is CCc1cc(Oc2cc(C)cc(CNC(=O)c3c(C)c4cc(F)ccc4n3C)c2)ccc1CCC(=O)O. The maximum Gasteiger partial charge on any atom is 0.303 e. The van der Waals surface area contributed by atoms with Gasteiger partial charge in [-0.1, -0.05) is 19.1 Å². The van der Waals surface area contributed by atoms with E-state index >= 15 is 0 Å². The van der Waals surface area contributed by atoms with Gasteiger partial charge in [0.2, 0.25) is 0 Å². The summed E-state index contributed by atoms with van der Waals surface area (Å²) in [5.41, 5.74) is 5.99. The summed E-state index contributed by atoms with van der Waals surface area (Å²) < 4.78 is 21.7. The van der Waals surface area contributed by atoms with E-state index in [2.05, 4.69) is 5.32 Å². The van der Waals surface area contributed by atoms with Crippen LogP contribution in [-0.4, -0.2) is 21.6 Å². The van der Waals surface area contributed by atoms with Gasteiger partial charge in [0.25, 0.3) is 5.91 Å². The van der Waals surface area contributed by atoms with Crippen molar-refractivity contribution in [2.45, 2.75) is 46.6 Å². The Hall–Kier alpha value is -4.13. The first kappa shape index (κ1) is 25.9. The Morgan fingerprint density at radius 1 is 1.00 bits per heavy atom. The van der Waals surface area contributed by atoms with Crippen molar-refractivity contribution in [3.05, 3.63) is 93.9 Å². The fraction of sp³-hybridized carbons (Fsp3) is 0.267. The lowest BCUT2D eigenvalue weighted by Crippen LogP contribution is -2.25. The molecule has 6 nitrogen and oxygen atoms in total. The third kappa shape index (κ3) is 5.82. The Labute approximate surface area is 215 Å². The number of rotatable bonds is 9. The Bertz CT molecular complexity index is 1490. The first-order valence-electron chi connectivity index (χ1n) is 12.3. The largest absolute Gasteiger partial charge is 0.481 e. The highest BCUT2D eigenvalue weighted by Gasteiger charge is 2.18. The van der Waals surface area contributed by atoms with E-state index in [1.807, 2.05) is 57.2 Å². The second kappa shape index (κ2) is 10.9. The Balaban J connectivity index is 1.49. The quantitative estimate of drug-likeness (QED) is 0.284. The van der Waals surface area contributed by atoms with Crippen LogP contribution in [0.1, 0.15) is 51.7 Å². The zero-order valence-corrected chi connectivity index (χ0v) is 21.5. The van der Waals surface area contributed by atoms with E-state index in [-0.39, 0.29) is 18.1 Å². The molecular formula is C30H31FN2O4. The first-order chi connectivity index (χ1) is 17.7. The summed E-state index contributed by atoms with van der Waals surface area (Å²) in [6.45, 7) is 6.13. The van der Waals surface area contributed by atoms with Gasteiger partial charge in [-0.25, -0.2) is 4.39 Å². The number of carboxylic acid groups (broad SMARTS) is 1. The number of ether oxygens (including phenoxy) is 1.